The first kappa shape index (κ1) is 28.6. The fourth-order valence-corrected chi connectivity index (χ4v) is 5.73. The molecule has 1 fully saturated rings. The zero-order chi connectivity index (χ0) is 27.2. The standard InChI is InChI=1S/C28H38FN3O4S/c1-5-25(28(34)30-24-9-7-6-8-10-24)31(18-22-13-15-23(29)16-14-22)27(33)19-32(37(4,35)36)26-17-20(2)11-12-21(26)3/h11-17,24-25H,5-10,18-19H2,1-4H3,(H,30,34). The summed E-state index contributed by atoms with van der Waals surface area (Å²) in [6.07, 6.45) is 6.50. The number of sulfonamides is 1. The SMILES string of the molecule is CCC(C(=O)NC1CCCCC1)N(Cc1ccc(F)cc1)C(=O)CN(c1cc(C)ccc1C)S(C)(=O)=O. The second-order valence-corrected chi connectivity index (χ2v) is 11.9. The Labute approximate surface area is 220 Å². The van der Waals surface area contributed by atoms with Crippen LogP contribution in [0, 0.1) is 19.7 Å². The molecule has 0 spiro atoms. The molecule has 1 unspecified atom stereocenters. The molecule has 0 bridgehead atoms. The average Bonchev–Trinajstić information content (AvgIpc) is 2.85. The van der Waals surface area contributed by atoms with Crippen molar-refractivity contribution in [3.8, 4) is 0 Å². The van der Waals surface area contributed by atoms with Gasteiger partial charge in [-0.15, -0.1) is 0 Å². The van der Waals surface area contributed by atoms with Gasteiger partial charge in [0.25, 0.3) is 0 Å². The topological polar surface area (TPSA) is 86.8 Å². The van der Waals surface area contributed by atoms with Crippen molar-refractivity contribution in [2.75, 3.05) is 17.1 Å². The van der Waals surface area contributed by atoms with Gasteiger partial charge in [-0.25, -0.2) is 12.8 Å². The first-order valence-electron chi connectivity index (χ1n) is 12.9. The average molecular weight is 532 g/mol. The van der Waals surface area contributed by atoms with E-state index in [1.54, 1.807) is 25.1 Å². The maximum atomic E-state index is 13.8. The van der Waals surface area contributed by atoms with E-state index in [-0.39, 0.29) is 18.5 Å². The molecule has 0 radical (unpaired) electrons. The molecule has 2 amide bonds. The summed E-state index contributed by atoms with van der Waals surface area (Å²) in [5.41, 5.74) is 2.66. The zero-order valence-corrected chi connectivity index (χ0v) is 23.0. The number of anilines is 1. The predicted octanol–water partition coefficient (Wildman–Crippen LogP) is 4.46. The molecule has 0 saturated heterocycles. The third kappa shape index (κ3) is 7.77. The Morgan fingerprint density at radius 3 is 2.30 bits per heavy atom. The van der Waals surface area contributed by atoms with Crippen molar-refractivity contribution in [1.29, 1.82) is 0 Å². The molecule has 0 aliphatic heterocycles. The largest absolute Gasteiger partial charge is 0.352 e. The van der Waals surface area contributed by atoms with Gasteiger partial charge in [-0.1, -0.05) is 50.5 Å². The minimum atomic E-state index is -3.80. The molecule has 2 aromatic rings. The first-order valence-corrected chi connectivity index (χ1v) is 14.7. The number of rotatable bonds is 10. The van der Waals surface area contributed by atoms with Gasteiger partial charge in [0.15, 0.2) is 0 Å². The molecule has 2 aromatic carbocycles. The van der Waals surface area contributed by atoms with Crippen molar-refractivity contribution in [1.82, 2.24) is 10.2 Å². The van der Waals surface area contributed by atoms with E-state index in [1.165, 1.54) is 17.0 Å². The van der Waals surface area contributed by atoms with Crippen LogP contribution in [0.1, 0.15) is 62.1 Å². The number of amides is 2. The molecule has 1 saturated carbocycles. The number of hydrogen-bond donors (Lipinski definition) is 1. The van der Waals surface area contributed by atoms with Crippen molar-refractivity contribution in [2.24, 2.45) is 0 Å². The van der Waals surface area contributed by atoms with Crippen LogP contribution in [0.5, 0.6) is 0 Å². The van der Waals surface area contributed by atoms with Gasteiger partial charge in [-0.05, 0) is 68.0 Å². The first-order chi connectivity index (χ1) is 17.5. The van der Waals surface area contributed by atoms with Crippen molar-refractivity contribution < 1.29 is 22.4 Å². The predicted molar refractivity (Wildman–Crippen MR) is 144 cm³/mol. The molecule has 0 heterocycles. The van der Waals surface area contributed by atoms with E-state index in [9.17, 15) is 22.4 Å². The van der Waals surface area contributed by atoms with Crippen LogP contribution < -0.4 is 9.62 Å². The van der Waals surface area contributed by atoms with Crippen molar-refractivity contribution >= 4 is 27.5 Å². The Morgan fingerprint density at radius 2 is 1.70 bits per heavy atom. The van der Waals surface area contributed by atoms with Crippen LogP contribution in [-0.4, -0.2) is 50.0 Å². The number of carbonyl (C=O) groups is 2. The van der Waals surface area contributed by atoms with E-state index in [0.29, 0.717) is 17.7 Å². The number of nitrogens with one attached hydrogen (secondary N) is 1. The summed E-state index contributed by atoms with van der Waals surface area (Å²) in [5.74, 6) is -1.15. The third-order valence-electron chi connectivity index (χ3n) is 6.92. The lowest BCUT2D eigenvalue weighted by molar-refractivity contribution is -0.140. The van der Waals surface area contributed by atoms with Gasteiger partial charge < -0.3 is 10.2 Å². The van der Waals surface area contributed by atoms with Gasteiger partial charge >= 0.3 is 0 Å². The maximum Gasteiger partial charge on any atom is 0.244 e. The minimum Gasteiger partial charge on any atom is -0.352 e. The van der Waals surface area contributed by atoms with E-state index in [2.05, 4.69) is 5.32 Å². The quantitative estimate of drug-likeness (QED) is 0.490. The maximum absolute atomic E-state index is 13.8. The fourth-order valence-electron chi connectivity index (χ4n) is 4.83. The highest BCUT2D eigenvalue weighted by molar-refractivity contribution is 7.92. The van der Waals surface area contributed by atoms with Crippen molar-refractivity contribution in [3.63, 3.8) is 0 Å². The Morgan fingerprint density at radius 1 is 1.05 bits per heavy atom. The molecular weight excluding hydrogens is 493 g/mol. The Bertz CT molecular complexity index is 1190. The number of nitrogens with zero attached hydrogens (tertiary/aromatic N) is 2. The van der Waals surface area contributed by atoms with E-state index >= 15 is 0 Å². The number of hydrogen-bond acceptors (Lipinski definition) is 4. The van der Waals surface area contributed by atoms with Crippen molar-refractivity contribution in [2.45, 2.75) is 77.9 Å². The Balaban J connectivity index is 1.93. The number of benzene rings is 2. The summed E-state index contributed by atoms with van der Waals surface area (Å²) in [4.78, 5) is 28.6. The number of halogens is 1. The van der Waals surface area contributed by atoms with Gasteiger partial charge in [0.1, 0.15) is 18.4 Å². The van der Waals surface area contributed by atoms with Crippen LogP contribution in [0.15, 0.2) is 42.5 Å². The van der Waals surface area contributed by atoms with Crippen LogP contribution in [0.3, 0.4) is 0 Å². The second-order valence-electron chi connectivity index (χ2n) is 9.98. The van der Waals surface area contributed by atoms with Crippen molar-refractivity contribution in [3.05, 3.63) is 65.0 Å². The number of aryl methyl sites for hydroxylation is 2. The third-order valence-corrected chi connectivity index (χ3v) is 8.04. The van der Waals surface area contributed by atoms with Crippen LogP contribution in [-0.2, 0) is 26.2 Å². The van der Waals surface area contributed by atoms with Gasteiger partial charge in [-0.2, -0.15) is 0 Å². The Hall–Kier alpha value is -2.94. The molecule has 3 rings (SSSR count). The second kappa shape index (κ2) is 12.5. The summed E-state index contributed by atoms with van der Waals surface area (Å²) in [6.45, 7) is 5.09. The lowest BCUT2D eigenvalue weighted by atomic mass is 9.95. The summed E-state index contributed by atoms with van der Waals surface area (Å²) in [6, 6.07) is 10.5. The molecule has 1 aliphatic rings. The lowest BCUT2D eigenvalue weighted by Gasteiger charge is -2.34. The summed E-state index contributed by atoms with van der Waals surface area (Å²) >= 11 is 0. The van der Waals surface area contributed by atoms with E-state index in [1.807, 2.05) is 26.0 Å². The van der Waals surface area contributed by atoms with E-state index in [0.717, 1.165) is 53.8 Å². The fraction of sp³-hybridized carbons (Fsp3) is 0.500. The van der Waals surface area contributed by atoms with Gasteiger partial charge in [0.05, 0.1) is 11.9 Å². The molecular formula is C28H38FN3O4S. The van der Waals surface area contributed by atoms with Gasteiger partial charge in [0, 0.05) is 12.6 Å². The van der Waals surface area contributed by atoms with Gasteiger partial charge in [0.2, 0.25) is 21.8 Å². The molecule has 7 nitrogen and oxygen atoms in total. The highest BCUT2D eigenvalue weighted by Gasteiger charge is 2.33. The van der Waals surface area contributed by atoms with Crippen LogP contribution in [0.2, 0.25) is 0 Å². The summed E-state index contributed by atoms with van der Waals surface area (Å²) in [7, 11) is -3.80. The molecule has 202 valence electrons. The monoisotopic (exact) mass is 531 g/mol. The summed E-state index contributed by atoms with van der Waals surface area (Å²) in [5, 5.41) is 3.11. The van der Waals surface area contributed by atoms with Crippen LogP contribution in [0.4, 0.5) is 10.1 Å². The van der Waals surface area contributed by atoms with Crippen LogP contribution >= 0.6 is 0 Å². The highest BCUT2D eigenvalue weighted by atomic mass is 32.2. The molecule has 9 heteroatoms. The van der Waals surface area contributed by atoms with E-state index in [4.69, 9.17) is 0 Å². The molecule has 1 atom stereocenters. The minimum absolute atomic E-state index is 0.0557. The lowest BCUT2D eigenvalue weighted by Crippen LogP contribution is -2.54. The smallest absolute Gasteiger partial charge is 0.244 e. The normalized spacial score (nSPS) is 15.2. The van der Waals surface area contributed by atoms with E-state index < -0.39 is 34.3 Å². The zero-order valence-electron chi connectivity index (χ0n) is 22.2. The van der Waals surface area contributed by atoms with Gasteiger partial charge in [-0.3, -0.25) is 13.9 Å². The molecule has 1 aliphatic carbocycles. The Kier molecular flexibility index (Phi) is 9.70. The molecule has 37 heavy (non-hydrogen) atoms. The number of carbonyl (C=O) groups excluding carboxylic acids is 2. The molecule has 0 aromatic heterocycles. The van der Waals surface area contributed by atoms with Crippen LogP contribution in [0.25, 0.3) is 0 Å². The summed E-state index contributed by atoms with van der Waals surface area (Å²) < 4.78 is 40.3. The highest BCUT2D eigenvalue weighted by Crippen LogP contribution is 2.25. The molecule has 1 N–H and O–H groups in total.